The Morgan fingerprint density at radius 1 is 1.03 bits per heavy atom. The van der Waals surface area contributed by atoms with Crippen molar-refractivity contribution in [2.24, 2.45) is 0 Å². The zero-order valence-corrected chi connectivity index (χ0v) is 16.2. The van der Waals surface area contributed by atoms with Gasteiger partial charge in [0.2, 0.25) is 0 Å². The van der Waals surface area contributed by atoms with E-state index in [0.717, 1.165) is 0 Å². The molecule has 0 bridgehead atoms. The van der Waals surface area contributed by atoms with Crippen LogP contribution in [0.5, 0.6) is 5.75 Å². The standard InChI is InChI=1S/C23H19N3O4/c1-30-18-7-5-15(6-8-18)20-19(21(27)16-9-12-24-13-10-16)22(28)23(29)26(20)14-17-4-2-3-11-25-17/h2-13,20,27H,14H2,1H3/b21-19+. The Balaban J connectivity index is 1.85. The van der Waals surface area contributed by atoms with Crippen LogP contribution >= 0.6 is 0 Å². The maximum absolute atomic E-state index is 13.0. The van der Waals surface area contributed by atoms with Crippen LogP contribution in [-0.2, 0) is 16.1 Å². The summed E-state index contributed by atoms with van der Waals surface area (Å²) in [6, 6.07) is 14.9. The number of likely N-dealkylation sites (tertiary alicyclic amines) is 1. The molecule has 150 valence electrons. The number of rotatable bonds is 5. The molecule has 2 aromatic heterocycles. The lowest BCUT2D eigenvalue weighted by atomic mass is 9.95. The lowest BCUT2D eigenvalue weighted by molar-refractivity contribution is -0.140. The maximum Gasteiger partial charge on any atom is 0.296 e. The van der Waals surface area contributed by atoms with Crippen LogP contribution in [0.3, 0.4) is 0 Å². The van der Waals surface area contributed by atoms with Crippen LogP contribution in [0.1, 0.15) is 22.9 Å². The maximum atomic E-state index is 13.0. The second-order valence-electron chi connectivity index (χ2n) is 6.76. The molecule has 7 nitrogen and oxygen atoms in total. The molecule has 30 heavy (non-hydrogen) atoms. The number of pyridine rings is 2. The summed E-state index contributed by atoms with van der Waals surface area (Å²) in [5.74, 6) is -1.01. The van der Waals surface area contributed by atoms with Crippen LogP contribution < -0.4 is 4.74 Å². The lowest BCUT2D eigenvalue weighted by Crippen LogP contribution is -2.29. The molecule has 1 fully saturated rings. The van der Waals surface area contributed by atoms with E-state index in [9.17, 15) is 14.7 Å². The van der Waals surface area contributed by atoms with E-state index in [4.69, 9.17) is 4.74 Å². The average molecular weight is 401 g/mol. The van der Waals surface area contributed by atoms with Crippen molar-refractivity contribution in [1.29, 1.82) is 0 Å². The monoisotopic (exact) mass is 401 g/mol. The van der Waals surface area contributed by atoms with Gasteiger partial charge < -0.3 is 14.7 Å². The van der Waals surface area contributed by atoms with Crippen LogP contribution in [-0.4, -0.2) is 38.8 Å². The molecule has 0 spiro atoms. The largest absolute Gasteiger partial charge is 0.507 e. The molecule has 1 amide bonds. The number of hydrogen-bond donors (Lipinski definition) is 1. The molecular weight excluding hydrogens is 382 g/mol. The summed E-state index contributed by atoms with van der Waals surface area (Å²) in [6.45, 7) is 0.134. The molecule has 1 unspecified atom stereocenters. The van der Waals surface area contributed by atoms with E-state index >= 15 is 0 Å². The molecule has 1 aromatic carbocycles. The number of ether oxygens (including phenoxy) is 1. The predicted molar refractivity (Wildman–Crippen MR) is 109 cm³/mol. The number of aliphatic hydroxyl groups excluding tert-OH is 1. The average Bonchev–Trinajstić information content (AvgIpc) is 3.05. The summed E-state index contributed by atoms with van der Waals surface area (Å²) in [6.07, 6.45) is 4.66. The van der Waals surface area contributed by atoms with Gasteiger partial charge in [0, 0.05) is 24.2 Å². The molecule has 3 aromatic rings. The molecule has 1 atom stereocenters. The Morgan fingerprint density at radius 3 is 2.40 bits per heavy atom. The number of benzene rings is 1. The van der Waals surface area contributed by atoms with E-state index in [1.54, 1.807) is 61.8 Å². The Morgan fingerprint density at radius 2 is 1.77 bits per heavy atom. The zero-order chi connectivity index (χ0) is 21.1. The molecule has 3 heterocycles. The summed E-state index contributed by atoms with van der Waals surface area (Å²) < 4.78 is 5.21. The normalized spacial score (nSPS) is 17.9. The minimum atomic E-state index is -0.758. The van der Waals surface area contributed by atoms with E-state index in [1.807, 2.05) is 6.07 Å². The van der Waals surface area contributed by atoms with Gasteiger partial charge in [-0.2, -0.15) is 0 Å². The summed E-state index contributed by atoms with van der Waals surface area (Å²) in [7, 11) is 1.56. The fraction of sp³-hybridized carbons (Fsp3) is 0.130. The number of amides is 1. The highest BCUT2D eigenvalue weighted by atomic mass is 16.5. The van der Waals surface area contributed by atoms with Crippen molar-refractivity contribution in [1.82, 2.24) is 14.9 Å². The number of aromatic nitrogens is 2. The number of ketones is 1. The van der Waals surface area contributed by atoms with Crippen molar-refractivity contribution in [2.75, 3.05) is 7.11 Å². The summed E-state index contributed by atoms with van der Waals surface area (Å²) >= 11 is 0. The fourth-order valence-corrected chi connectivity index (χ4v) is 3.51. The molecule has 7 heteroatoms. The van der Waals surface area contributed by atoms with Crippen LogP contribution in [0.15, 0.2) is 78.8 Å². The molecule has 1 N–H and O–H groups in total. The Bertz CT molecular complexity index is 1100. The Kier molecular flexibility index (Phi) is 5.26. The first-order chi connectivity index (χ1) is 14.6. The number of nitrogens with zero attached hydrogens (tertiary/aromatic N) is 3. The van der Waals surface area contributed by atoms with Crippen LogP contribution in [0.2, 0.25) is 0 Å². The molecule has 0 radical (unpaired) electrons. The fourth-order valence-electron chi connectivity index (χ4n) is 3.51. The van der Waals surface area contributed by atoms with Crippen molar-refractivity contribution >= 4 is 17.4 Å². The van der Waals surface area contributed by atoms with E-state index in [1.165, 1.54) is 17.3 Å². The van der Waals surface area contributed by atoms with E-state index in [0.29, 0.717) is 22.6 Å². The number of carbonyl (C=O) groups is 2. The summed E-state index contributed by atoms with van der Waals surface area (Å²) in [4.78, 5) is 35.5. The minimum Gasteiger partial charge on any atom is -0.507 e. The molecule has 1 saturated heterocycles. The highest BCUT2D eigenvalue weighted by Gasteiger charge is 2.46. The summed E-state index contributed by atoms with van der Waals surface area (Å²) in [5.41, 5.74) is 1.77. The van der Waals surface area contributed by atoms with Gasteiger partial charge in [0.15, 0.2) is 0 Å². The zero-order valence-electron chi connectivity index (χ0n) is 16.2. The van der Waals surface area contributed by atoms with E-state index in [2.05, 4.69) is 9.97 Å². The second kappa shape index (κ2) is 8.16. The van der Waals surface area contributed by atoms with Gasteiger partial charge in [0.1, 0.15) is 11.5 Å². The van der Waals surface area contributed by atoms with Gasteiger partial charge in [-0.1, -0.05) is 18.2 Å². The smallest absolute Gasteiger partial charge is 0.296 e. The molecule has 1 aliphatic heterocycles. The van der Waals surface area contributed by atoms with Crippen molar-refractivity contribution in [3.8, 4) is 5.75 Å². The number of methoxy groups -OCH3 is 1. The van der Waals surface area contributed by atoms with Gasteiger partial charge in [0.25, 0.3) is 11.7 Å². The van der Waals surface area contributed by atoms with Crippen molar-refractivity contribution in [3.63, 3.8) is 0 Å². The number of aliphatic hydroxyl groups is 1. The lowest BCUT2D eigenvalue weighted by Gasteiger charge is -2.25. The summed E-state index contributed by atoms with van der Waals surface area (Å²) in [5, 5.41) is 10.9. The van der Waals surface area contributed by atoms with Crippen molar-refractivity contribution in [3.05, 3.63) is 95.6 Å². The van der Waals surface area contributed by atoms with E-state index in [-0.39, 0.29) is 17.9 Å². The quantitative estimate of drug-likeness (QED) is 0.401. The molecule has 4 rings (SSSR count). The third-order valence-electron chi connectivity index (χ3n) is 4.98. The highest BCUT2D eigenvalue weighted by molar-refractivity contribution is 6.46. The molecule has 0 aliphatic carbocycles. The first-order valence-corrected chi connectivity index (χ1v) is 9.33. The van der Waals surface area contributed by atoms with Crippen molar-refractivity contribution < 1.29 is 19.4 Å². The van der Waals surface area contributed by atoms with Crippen LogP contribution in [0.25, 0.3) is 5.76 Å². The SMILES string of the molecule is COc1ccc(C2/C(=C(\O)c3ccncc3)C(=O)C(=O)N2Cc2ccccn2)cc1. The first kappa shape index (κ1) is 19.3. The van der Waals surface area contributed by atoms with Gasteiger partial charge in [-0.15, -0.1) is 0 Å². The van der Waals surface area contributed by atoms with Gasteiger partial charge >= 0.3 is 0 Å². The Labute approximate surface area is 173 Å². The predicted octanol–water partition coefficient (Wildman–Crippen LogP) is 3.11. The van der Waals surface area contributed by atoms with Gasteiger partial charge in [-0.05, 0) is 42.0 Å². The third-order valence-corrected chi connectivity index (χ3v) is 4.98. The second-order valence-corrected chi connectivity index (χ2v) is 6.76. The van der Waals surface area contributed by atoms with Crippen molar-refractivity contribution in [2.45, 2.75) is 12.6 Å². The molecule has 0 saturated carbocycles. The van der Waals surface area contributed by atoms with Gasteiger partial charge in [-0.25, -0.2) is 0 Å². The van der Waals surface area contributed by atoms with Gasteiger partial charge in [-0.3, -0.25) is 19.6 Å². The molecular formula is C23H19N3O4. The first-order valence-electron chi connectivity index (χ1n) is 9.33. The number of Topliss-reactive ketones (excluding diaryl/α,β-unsaturated/α-hetero) is 1. The minimum absolute atomic E-state index is 0.0345. The number of hydrogen-bond acceptors (Lipinski definition) is 6. The van der Waals surface area contributed by atoms with E-state index < -0.39 is 17.7 Å². The highest BCUT2D eigenvalue weighted by Crippen LogP contribution is 2.40. The van der Waals surface area contributed by atoms with Crippen LogP contribution in [0.4, 0.5) is 0 Å². The Hall–Kier alpha value is -4.00. The van der Waals surface area contributed by atoms with Crippen LogP contribution in [0, 0.1) is 0 Å². The van der Waals surface area contributed by atoms with Gasteiger partial charge in [0.05, 0.1) is 31.0 Å². The third kappa shape index (κ3) is 3.53. The topological polar surface area (TPSA) is 92.6 Å². The number of carbonyl (C=O) groups excluding carboxylic acids is 2. The molecule has 1 aliphatic rings.